The summed E-state index contributed by atoms with van der Waals surface area (Å²) in [5.41, 5.74) is 5.19. The molecule has 1 aliphatic carbocycles. The maximum Gasteiger partial charge on any atom is 0.336 e. The number of nitro benzene ring substituents is 1. The molecule has 1 aliphatic heterocycles. The first kappa shape index (κ1) is 17.4. The van der Waals surface area contributed by atoms with E-state index < -0.39 is 5.97 Å². The van der Waals surface area contributed by atoms with Crippen molar-refractivity contribution in [2.45, 2.75) is 18.4 Å². The number of nitrogens with zero attached hydrogens (tertiary/aromatic N) is 1. The number of nitrogens with one attached hydrogen (secondary N) is 1. The van der Waals surface area contributed by atoms with Crippen molar-refractivity contribution in [2.24, 2.45) is 5.92 Å². The molecule has 0 fully saturated rings. The van der Waals surface area contributed by atoms with Crippen LogP contribution in [-0.2, 0) is 6.42 Å². The lowest BCUT2D eigenvalue weighted by atomic mass is 9.75. The minimum Gasteiger partial charge on any atom is -0.478 e. The summed E-state index contributed by atoms with van der Waals surface area (Å²) in [4.78, 5) is 22.8. The number of carboxylic acids is 1. The molecule has 1 heterocycles. The Balaban J connectivity index is 1.71. The molecular formula is C23H18N2O4. The highest BCUT2D eigenvalue weighted by Crippen LogP contribution is 2.54. The van der Waals surface area contributed by atoms with Gasteiger partial charge in [-0.1, -0.05) is 42.5 Å². The Bertz CT molecular complexity index is 1160. The minimum absolute atomic E-state index is 0.0193. The van der Waals surface area contributed by atoms with Gasteiger partial charge in [0.15, 0.2) is 0 Å². The Morgan fingerprint density at radius 1 is 1.00 bits per heavy atom. The molecule has 6 nitrogen and oxygen atoms in total. The number of carboxylic acid groups (broad SMARTS) is 1. The molecule has 3 aromatic carbocycles. The molecule has 0 saturated carbocycles. The van der Waals surface area contributed by atoms with Crippen LogP contribution in [0, 0.1) is 16.0 Å². The number of hydrogen-bond acceptors (Lipinski definition) is 4. The van der Waals surface area contributed by atoms with E-state index >= 15 is 0 Å². The maximum atomic E-state index is 11.8. The van der Waals surface area contributed by atoms with Gasteiger partial charge >= 0.3 is 5.97 Å². The van der Waals surface area contributed by atoms with E-state index in [4.69, 9.17) is 0 Å². The van der Waals surface area contributed by atoms with Crippen molar-refractivity contribution in [1.82, 2.24) is 0 Å². The molecule has 6 heteroatoms. The molecule has 0 aromatic heterocycles. The van der Waals surface area contributed by atoms with Crippen LogP contribution in [0.5, 0.6) is 0 Å². The third-order valence-electron chi connectivity index (χ3n) is 6.12. The molecule has 0 amide bonds. The highest BCUT2D eigenvalue weighted by molar-refractivity contribution is 5.90. The Morgan fingerprint density at radius 2 is 1.72 bits per heavy atom. The zero-order chi connectivity index (χ0) is 20.1. The predicted octanol–water partition coefficient (Wildman–Crippen LogP) is 4.76. The summed E-state index contributed by atoms with van der Waals surface area (Å²) in [6.45, 7) is 0. The molecule has 0 spiro atoms. The summed E-state index contributed by atoms with van der Waals surface area (Å²) in [7, 11) is 0. The van der Waals surface area contributed by atoms with E-state index in [-0.39, 0.29) is 34.1 Å². The normalized spacial score (nSPS) is 21.4. The van der Waals surface area contributed by atoms with Gasteiger partial charge < -0.3 is 10.4 Å². The second kappa shape index (κ2) is 6.44. The predicted molar refractivity (Wildman–Crippen MR) is 108 cm³/mol. The first-order chi connectivity index (χ1) is 14.0. The number of anilines is 1. The standard InChI is InChI=1S/C23H18N2O4/c26-23(27)17-8-4-3-7-16(17)22-19-11-13-5-1-2-6-15(13)21(19)18-12-14(25(28)29)9-10-20(18)24-22/h1-10,12,19,21-22,24H,11H2,(H,26,27)/t19-,21-,22-/m1/s1. The SMILES string of the molecule is O=C(O)c1ccccc1[C@H]1Nc2ccc([N+](=O)[O-])cc2[C@H]2c3ccccc3C[C@H]21. The molecule has 0 saturated heterocycles. The van der Waals surface area contributed by atoms with Crippen LogP contribution in [0.25, 0.3) is 0 Å². The molecule has 0 unspecified atom stereocenters. The summed E-state index contributed by atoms with van der Waals surface area (Å²) in [6, 6.07) is 19.9. The van der Waals surface area contributed by atoms with Crippen LogP contribution in [-0.4, -0.2) is 16.0 Å². The molecule has 29 heavy (non-hydrogen) atoms. The van der Waals surface area contributed by atoms with Crippen molar-refractivity contribution in [3.8, 4) is 0 Å². The van der Waals surface area contributed by atoms with Gasteiger partial charge in [0.05, 0.1) is 16.5 Å². The third-order valence-corrected chi connectivity index (χ3v) is 6.12. The lowest BCUT2D eigenvalue weighted by Crippen LogP contribution is -2.31. The molecule has 144 valence electrons. The van der Waals surface area contributed by atoms with Gasteiger partial charge in [0.1, 0.15) is 0 Å². The van der Waals surface area contributed by atoms with E-state index in [0.29, 0.717) is 0 Å². The second-order valence-corrected chi connectivity index (χ2v) is 7.59. The number of benzene rings is 3. The molecular weight excluding hydrogens is 368 g/mol. The van der Waals surface area contributed by atoms with Gasteiger partial charge in [-0.25, -0.2) is 4.79 Å². The van der Waals surface area contributed by atoms with Crippen molar-refractivity contribution in [3.63, 3.8) is 0 Å². The average molecular weight is 386 g/mol. The van der Waals surface area contributed by atoms with E-state index in [1.807, 2.05) is 24.3 Å². The van der Waals surface area contributed by atoms with Crippen molar-refractivity contribution < 1.29 is 14.8 Å². The van der Waals surface area contributed by atoms with Crippen molar-refractivity contribution in [1.29, 1.82) is 0 Å². The van der Waals surface area contributed by atoms with Gasteiger partial charge in [0.25, 0.3) is 5.69 Å². The van der Waals surface area contributed by atoms with E-state index in [0.717, 1.165) is 23.2 Å². The first-order valence-electron chi connectivity index (χ1n) is 9.49. The van der Waals surface area contributed by atoms with Gasteiger partial charge in [-0.15, -0.1) is 0 Å². The summed E-state index contributed by atoms with van der Waals surface area (Å²) in [5, 5.41) is 24.5. The highest BCUT2D eigenvalue weighted by atomic mass is 16.6. The minimum atomic E-state index is -0.955. The van der Waals surface area contributed by atoms with Gasteiger partial charge in [0, 0.05) is 23.7 Å². The Morgan fingerprint density at radius 3 is 2.48 bits per heavy atom. The van der Waals surface area contributed by atoms with E-state index in [1.165, 1.54) is 17.2 Å². The smallest absolute Gasteiger partial charge is 0.336 e. The topological polar surface area (TPSA) is 92.5 Å². The molecule has 0 radical (unpaired) electrons. The molecule has 5 rings (SSSR count). The van der Waals surface area contributed by atoms with Crippen LogP contribution in [0.3, 0.4) is 0 Å². The number of fused-ring (bicyclic) bond motifs is 5. The molecule has 3 aromatic rings. The fourth-order valence-electron chi connectivity index (χ4n) is 4.93. The van der Waals surface area contributed by atoms with Crippen LogP contribution in [0.1, 0.15) is 44.6 Å². The average Bonchev–Trinajstić information content (AvgIpc) is 3.12. The number of non-ortho nitro benzene ring substituents is 1. The van der Waals surface area contributed by atoms with Crippen molar-refractivity contribution >= 4 is 17.3 Å². The van der Waals surface area contributed by atoms with Gasteiger partial charge in [-0.3, -0.25) is 10.1 Å². The Hall–Kier alpha value is -3.67. The third kappa shape index (κ3) is 2.68. The van der Waals surface area contributed by atoms with E-state index in [2.05, 4.69) is 17.4 Å². The first-order valence-corrected chi connectivity index (χ1v) is 9.49. The van der Waals surface area contributed by atoms with Crippen molar-refractivity contribution in [2.75, 3.05) is 5.32 Å². The maximum absolute atomic E-state index is 11.8. The number of nitro groups is 1. The number of rotatable bonds is 3. The summed E-state index contributed by atoms with van der Waals surface area (Å²) in [5.74, 6) is -0.902. The lowest BCUT2D eigenvalue weighted by molar-refractivity contribution is -0.384. The highest BCUT2D eigenvalue weighted by Gasteiger charge is 2.44. The van der Waals surface area contributed by atoms with Crippen LogP contribution >= 0.6 is 0 Å². The number of hydrogen-bond donors (Lipinski definition) is 2. The zero-order valence-corrected chi connectivity index (χ0v) is 15.4. The summed E-state index contributed by atoms with van der Waals surface area (Å²) < 4.78 is 0. The number of aromatic carboxylic acids is 1. The summed E-state index contributed by atoms with van der Waals surface area (Å²) in [6.07, 6.45) is 0.786. The van der Waals surface area contributed by atoms with Crippen LogP contribution in [0.2, 0.25) is 0 Å². The van der Waals surface area contributed by atoms with Crippen molar-refractivity contribution in [3.05, 3.63) is 105 Å². The molecule has 3 atom stereocenters. The van der Waals surface area contributed by atoms with Gasteiger partial charge in [-0.05, 0) is 46.7 Å². The molecule has 0 bridgehead atoms. The fourth-order valence-corrected chi connectivity index (χ4v) is 4.93. The largest absolute Gasteiger partial charge is 0.478 e. The lowest BCUT2D eigenvalue weighted by Gasteiger charge is -2.38. The van der Waals surface area contributed by atoms with Crippen LogP contribution in [0.4, 0.5) is 11.4 Å². The quantitative estimate of drug-likeness (QED) is 0.500. The fraction of sp³-hybridized carbons (Fsp3) is 0.174. The zero-order valence-electron chi connectivity index (χ0n) is 15.4. The number of carbonyl (C=O) groups is 1. The monoisotopic (exact) mass is 386 g/mol. The molecule has 2 N–H and O–H groups in total. The van der Waals surface area contributed by atoms with E-state index in [9.17, 15) is 20.0 Å². The van der Waals surface area contributed by atoms with Crippen LogP contribution < -0.4 is 5.32 Å². The Kier molecular flexibility index (Phi) is 3.87. The second-order valence-electron chi connectivity index (χ2n) is 7.59. The van der Waals surface area contributed by atoms with Gasteiger partial charge in [-0.2, -0.15) is 0 Å². The van der Waals surface area contributed by atoms with Crippen LogP contribution in [0.15, 0.2) is 66.7 Å². The summed E-state index contributed by atoms with van der Waals surface area (Å²) >= 11 is 0. The van der Waals surface area contributed by atoms with Gasteiger partial charge in [0.2, 0.25) is 0 Å². The molecule has 2 aliphatic rings. The van der Waals surface area contributed by atoms with E-state index in [1.54, 1.807) is 24.3 Å². The Labute approximate surface area is 167 Å².